The number of thioether (sulfide) groups is 1. The number of benzene rings is 2. The van der Waals surface area contributed by atoms with E-state index in [2.05, 4.69) is 26.0 Å². The largest absolute Gasteiger partial charge is 0.494 e. The maximum atomic E-state index is 12.2. The van der Waals surface area contributed by atoms with Crippen molar-refractivity contribution in [2.75, 3.05) is 28.9 Å². The molecule has 30 heavy (non-hydrogen) atoms. The van der Waals surface area contributed by atoms with Gasteiger partial charge in [0.1, 0.15) is 5.75 Å². The van der Waals surface area contributed by atoms with Crippen molar-refractivity contribution in [1.82, 2.24) is 14.9 Å². The molecular weight excluding hydrogens is 426 g/mol. The summed E-state index contributed by atoms with van der Waals surface area (Å²) in [5.41, 5.74) is 4.25. The van der Waals surface area contributed by atoms with Crippen LogP contribution in [0.3, 0.4) is 0 Å². The number of nitrogens with two attached hydrogens (primary N) is 1. The van der Waals surface area contributed by atoms with Crippen LogP contribution in [-0.4, -0.2) is 39.4 Å². The molecule has 3 aromatic rings. The van der Waals surface area contributed by atoms with Gasteiger partial charge >= 0.3 is 0 Å². The molecule has 2 aromatic carbocycles. The first-order valence-electron chi connectivity index (χ1n) is 8.96. The minimum atomic E-state index is -0.192. The lowest BCUT2D eigenvalue weighted by Gasteiger charge is -2.07. The van der Waals surface area contributed by atoms with Gasteiger partial charge in [-0.15, -0.1) is 10.2 Å². The van der Waals surface area contributed by atoms with E-state index in [4.69, 9.17) is 22.2 Å². The molecule has 1 aromatic heterocycles. The molecule has 0 atom stereocenters. The fraction of sp³-hybridized carbons (Fsp3) is 0.158. The number of carbonyl (C=O) groups is 1. The van der Waals surface area contributed by atoms with Crippen molar-refractivity contribution in [2.45, 2.75) is 12.1 Å². The van der Waals surface area contributed by atoms with Gasteiger partial charge in [0.2, 0.25) is 11.1 Å². The summed E-state index contributed by atoms with van der Waals surface area (Å²) in [4.78, 5) is 12.2. The molecule has 156 valence electrons. The van der Waals surface area contributed by atoms with E-state index in [9.17, 15) is 4.79 Å². The van der Waals surface area contributed by atoms with Crippen LogP contribution in [0.2, 0.25) is 5.02 Å². The number of carbonyl (C=O) groups excluding carboxylic acids is 1. The van der Waals surface area contributed by atoms with Crippen molar-refractivity contribution in [3.63, 3.8) is 0 Å². The Labute approximate surface area is 182 Å². The Bertz CT molecular complexity index is 1010. The van der Waals surface area contributed by atoms with Crippen LogP contribution in [-0.2, 0) is 4.79 Å². The molecule has 0 bridgehead atoms. The predicted octanol–water partition coefficient (Wildman–Crippen LogP) is 3.22. The van der Waals surface area contributed by atoms with Crippen molar-refractivity contribution in [2.24, 2.45) is 5.10 Å². The van der Waals surface area contributed by atoms with Gasteiger partial charge in [-0.05, 0) is 48.9 Å². The molecule has 0 aliphatic heterocycles. The van der Waals surface area contributed by atoms with Crippen molar-refractivity contribution < 1.29 is 9.53 Å². The Morgan fingerprint density at radius 3 is 2.67 bits per heavy atom. The standard InChI is InChI=1S/C19H20ClN7O2S/c1-2-29-16-9-7-15(8-10-16)23-17(28)12-30-19-26-25-18(27(19)21)24-22-11-13-3-5-14(20)6-4-13/h3-11H,2,12,21H2,1H3,(H,23,28)(H,24,25)/b22-11+. The third-order valence-corrected chi connectivity index (χ3v) is 4.89. The molecule has 0 saturated carbocycles. The lowest BCUT2D eigenvalue weighted by atomic mass is 10.2. The average molecular weight is 446 g/mol. The highest BCUT2D eigenvalue weighted by atomic mass is 35.5. The van der Waals surface area contributed by atoms with Crippen LogP contribution in [0.25, 0.3) is 0 Å². The molecular formula is C19H20ClN7O2S. The summed E-state index contributed by atoms with van der Waals surface area (Å²) >= 11 is 7.01. The number of hydrazone groups is 1. The van der Waals surface area contributed by atoms with Crippen molar-refractivity contribution >= 4 is 47.1 Å². The number of aromatic nitrogens is 3. The van der Waals surface area contributed by atoms with E-state index in [0.717, 1.165) is 23.1 Å². The van der Waals surface area contributed by atoms with Gasteiger partial charge in [0.25, 0.3) is 5.95 Å². The summed E-state index contributed by atoms with van der Waals surface area (Å²) in [6, 6.07) is 14.3. The highest BCUT2D eigenvalue weighted by Gasteiger charge is 2.12. The molecule has 3 rings (SSSR count). The topological polar surface area (TPSA) is 119 Å². The Morgan fingerprint density at radius 2 is 1.97 bits per heavy atom. The van der Waals surface area contributed by atoms with E-state index in [1.165, 1.54) is 4.68 Å². The number of halogens is 1. The average Bonchev–Trinajstić information content (AvgIpc) is 3.09. The van der Waals surface area contributed by atoms with Crippen molar-refractivity contribution in [3.05, 3.63) is 59.1 Å². The summed E-state index contributed by atoms with van der Waals surface area (Å²) in [6.45, 7) is 2.50. The van der Waals surface area contributed by atoms with Crippen LogP contribution in [0, 0.1) is 0 Å². The molecule has 11 heteroatoms. The summed E-state index contributed by atoms with van der Waals surface area (Å²) < 4.78 is 6.60. The number of amides is 1. The second-order valence-electron chi connectivity index (χ2n) is 5.89. The number of hydrogen-bond acceptors (Lipinski definition) is 8. The molecule has 1 heterocycles. The number of anilines is 2. The second kappa shape index (κ2) is 10.5. The zero-order chi connectivity index (χ0) is 21.3. The summed E-state index contributed by atoms with van der Waals surface area (Å²) in [6.07, 6.45) is 1.60. The minimum Gasteiger partial charge on any atom is -0.494 e. The first kappa shape index (κ1) is 21.5. The van der Waals surface area contributed by atoms with Gasteiger partial charge in [-0.3, -0.25) is 4.79 Å². The Hall–Kier alpha value is -3.24. The van der Waals surface area contributed by atoms with Crippen molar-refractivity contribution in [3.8, 4) is 5.75 Å². The van der Waals surface area contributed by atoms with Crippen LogP contribution in [0.1, 0.15) is 12.5 Å². The van der Waals surface area contributed by atoms with Crippen molar-refractivity contribution in [1.29, 1.82) is 0 Å². The van der Waals surface area contributed by atoms with Crippen LogP contribution >= 0.6 is 23.4 Å². The molecule has 4 N–H and O–H groups in total. The fourth-order valence-electron chi connectivity index (χ4n) is 2.29. The number of rotatable bonds is 9. The van der Waals surface area contributed by atoms with Gasteiger partial charge in [0.15, 0.2) is 0 Å². The first-order valence-corrected chi connectivity index (χ1v) is 10.3. The number of nitrogens with zero attached hydrogens (tertiary/aromatic N) is 4. The maximum absolute atomic E-state index is 12.2. The first-order chi connectivity index (χ1) is 14.5. The van der Waals surface area contributed by atoms with Gasteiger partial charge in [-0.2, -0.15) is 5.10 Å². The SMILES string of the molecule is CCOc1ccc(NC(=O)CSc2nnc(N/N=C/c3ccc(Cl)cc3)n2N)cc1. The summed E-state index contributed by atoms with van der Waals surface area (Å²) in [7, 11) is 0. The van der Waals surface area contributed by atoms with Crippen LogP contribution in [0.4, 0.5) is 11.6 Å². The maximum Gasteiger partial charge on any atom is 0.264 e. The molecule has 0 radical (unpaired) electrons. The number of nitrogens with one attached hydrogen (secondary N) is 2. The molecule has 0 aliphatic carbocycles. The third kappa shape index (κ3) is 6.13. The van der Waals surface area contributed by atoms with Crippen LogP contribution < -0.4 is 21.3 Å². The monoisotopic (exact) mass is 445 g/mol. The van der Waals surface area contributed by atoms with Gasteiger partial charge in [0.05, 0.1) is 18.6 Å². The molecule has 0 fully saturated rings. The van der Waals surface area contributed by atoms with E-state index in [1.54, 1.807) is 42.6 Å². The number of hydrogen-bond donors (Lipinski definition) is 3. The van der Waals surface area contributed by atoms with Gasteiger partial charge < -0.3 is 15.9 Å². The van der Waals surface area contributed by atoms with E-state index < -0.39 is 0 Å². The smallest absolute Gasteiger partial charge is 0.264 e. The second-order valence-corrected chi connectivity index (χ2v) is 7.27. The van der Waals surface area contributed by atoms with Gasteiger partial charge in [-0.1, -0.05) is 35.5 Å². The lowest BCUT2D eigenvalue weighted by Crippen LogP contribution is -2.16. The van der Waals surface area contributed by atoms with Crippen LogP contribution in [0.15, 0.2) is 58.8 Å². The van der Waals surface area contributed by atoms with Crippen LogP contribution in [0.5, 0.6) is 5.75 Å². The Morgan fingerprint density at radius 1 is 1.23 bits per heavy atom. The van der Waals surface area contributed by atoms with E-state index in [0.29, 0.717) is 22.5 Å². The predicted molar refractivity (Wildman–Crippen MR) is 120 cm³/mol. The summed E-state index contributed by atoms with van der Waals surface area (Å²) in [5.74, 6) is 6.88. The highest BCUT2D eigenvalue weighted by Crippen LogP contribution is 2.19. The minimum absolute atomic E-state index is 0.122. The molecule has 0 saturated heterocycles. The molecule has 9 nitrogen and oxygen atoms in total. The summed E-state index contributed by atoms with van der Waals surface area (Å²) in [5, 5.41) is 15.8. The molecule has 0 aliphatic rings. The normalized spacial score (nSPS) is 10.9. The third-order valence-electron chi connectivity index (χ3n) is 3.69. The van der Waals surface area contributed by atoms with E-state index >= 15 is 0 Å². The fourth-order valence-corrected chi connectivity index (χ4v) is 3.08. The zero-order valence-corrected chi connectivity index (χ0v) is 17.7. The lowest BCUT2D eigenvalue weighted by molar-refractivity contribution is -0.113. The van der Waals surface area contributed by atoms with E-state index in [1.807, 2.05) is 19.1 Å². The molecule has 0 spiro atoms. The highest BCUT2D eigenvalue weighted by molar-refractivity contribution is 7.99. The quantitative estimate of drug-likeness (QED) is 0.200. The molecule has 0 unspecified atom stereocenters. The van der Waals surface area contributed by atoms with Gasteiger partial charge in [-0.25, -0.2) is 10.1 Å². The number of nitrogen functional groups attached to an aromatic ring is 1. The van der Waals surface area contributed by atoms with E-state index in [-0.39, 0.29) is 17.6 Å². The Kier molecular flexibility index (Phi) is 7.52. The number of ether oxygens (including phenoxy) is 1. The molecule has 1 amide bonds. The van der Waals surface area contributed by atoms with Gasteiger partial charge in [0, 0.05) is 10.7 Å². The zero-order valence-electron chi connectivity index (χ0n) is 16.1. The Balaban J connectivity index is 1.49.